The summed E-state index contributed by atoms with van der Waals surface area (Å²) in [6.07, 6.45) is 4.97. The van der Waals surface area contributed by atoms with Crippen LogP contribution in [0.25, 0.3) is 0 Å². The van der Waals surface area contributed by atoms with Crippen LogP contribution in [0.4, 0.5) is 10.1 Å². The molecular formula is C15H11ClFNO2. The fourth-order valence-electron chi connectivity index (χ4n) is 3.78. The number of carbonyl (C=O) groups excluding carboxylic acids is 2. The molecule has 1 saturated carbocycles. The van der Waals surface area contributed by atoms with Crippen LogP contribution in [0.5, 0.6) is 0 Å². The van der Waals surface area contributed by atoms with E-state index in [1.165, 1.54) is 23.1 Å². The molecule has 1 aromatic rings. The molecule has 0 spiro atoms. The fraction of sp³-hybridized carbons (Fsp3) is 0.333. The van der Waals surface area contributed by atoms with Gasteiger partial charge in [-0.25, -0.2) is 9.29 Å². The van der Waals surface area contributed by atoms with Gasteiger partial charge >= 0.3 is 0 Å². The molecule has 1 aromatic carbocycles. The Bertz CT molecular complexity index is 642. The summed E-state index contributed by atoms with van der Waals surface area (Å²) in [7, 11) is 0. The average Bonchev–Trinajstić information content (AvgIpc) is 3.08. The SMILES string of the molecule is O=C1[C@@H]2C3C=CC(C3)[C@@H]2C(=O)N1c1ccc(F)c(Cl)c1. The minimum atomic E-state index is -0.559. The molecule has 2 aliphatic carbocycles. The first-order chi connectivity index (χ1) is 9.58. The predicted molar refractivity (Wildman–Crippen MR) is 71.6 cm³/mol. The van der Waals surface area contributed by atoms with Crippen LogP contribution >= 0.6 is 11.6 Å². The van der Waals surface area contributed by atoms with Crippen molar-refractivity contribution in [3.8, 4) is 0 Å². The third-order valence-corrected chi connectivity index (χ3v) is 4.92. The zero-order valence-corrected chi connectivity index (χ0v) is 11.2. The van der Waals surface area contributed by atoms with Crippen molar-refractivity contribution >= 4 is 29.1 Å². The maximum absolute atomic E-state index is 13.2. The van der Waals surface area contributed by atoms with Gasteiger partial charge in [-0.05, 0) is 36.5 Å². The van der Waals surface area contributed by atoms with Crippen molar-refractivity contribution in [2.24, 2.45) is 23.7 Å². The number of nitrogens with zero attached hydrogens (tertiary/aromatic N) is 1. The third kappa shape index (κ3) is 1.40. The van der Waals surface area contributed by atoms with E-state index in [2.05, 4.69) is 0 Å². The first-order valence-electron chi connectivity index (χ1n) is 6.59. The summed E-state index contributed by atoms with van der Waals surface area (Å²) in [5.74, 6) is -1.08. The van der Waals surface area contributed by atoms with Gasteiger partial charge in [0.05, 0.1) is 22.5 Å². The highest BCUT2D eigenvalue weighted by Gasteiger charge is 2.59. The summed E-state index contributed by atoms with van der Waals surface area (Å²) < 4.78 is 13.2. The van der Waals surface area contributed by atoms with Crippen molar-refractivity contribution in [3.05, 3.63) is 41.2 Å². The van der Waals surface area contributed by atoms with Gasteiger partial charge in [0.2, 0.25) is 11.8 Å². The maximum atomic E-state index is 13.2. The van der Waals surface area contributed by atoms with Crippen LogP contribution in [-0.4, -0.2) is 11.8 Å². The van der Waals surface area contributed by atoms with Crippen LogP contribution in [0.15, 0.2) is 30.4 Å². The Morgan fingerprint density at radius 2 is 1.70 bits per heavy atom. The zero-order chi connectivity index (χ0) is 14.0. The molecule has 4 atom stereocenters. The Hall–Kier alpha value is -1.68. The molecule has 5 heteroatoms. The summed E-state index contributed by atoms with van der Waals surface area (Å²) >= 11 is 5.74. The van der Waals surface area contributed by atoms with Crippen LogP contribution in [0.2, 0.25) is 5.02 Å². The van der Waals surface area contributed by atoms with Gasteiger partial charge < -0.3 is 0 Å². The second kappa shape index (κ2) is 3.92. The summed E-state index contributed by atoms with van der Waals surface area (Å²) in [5.41, 5.74) is 0.361. The van der Waals surface area contributed by atoms with Crippen LogP contribution < -0.4 is 4.90 Å². The molecule has 1 saturated heterocycles. The van der Waals surface area contributed by atoms with Gasteiger partial charge in [0.1, 0.15) is 5.82 Å². The molecule has 4 rings (SSSR count). The number of hydrogen-bond acceptors (Lipinski definition) is 2. The lowest BCUT2D eigenvalue weighted by Crippen LogP contribution is -2.32. The van der Waals surface area contributed by atoms with E-state index in [1.807, 2.05) is 12.2 Å². The van der Waals surface area contributed by atoms with E-state index in [1.54, 1.807) is 0 Å². The number of rotatable bonds is 1. The molecule has 2 amide bonds. The van der Waals surface area contributed by atoms with E-state index in [0.717, 1.165) is 6.42 Å². The maximum Gasteiger partial charge on any atom is 0.238 e. The lowest BCUT2D eigenvalue weighted by Gasteiger charge is -2.17. The minimum absolute atomic E-state index is 0.0822. The van der Waals surface area contributed by atoms with Gasteiger partial charge in [0.15, 0.2) is 0 Å². The molecule has 2 fully saturated rings. The third-order valence-electron chi connectivity index (χ3n) is 4.63. The van der Waals surface area contributed by atoms with E-state index < -0.39 is 5.82 Å². The molecule has 3 aliphatic rings. The number of fused-ring (bicyclic) bond motifs is 5. The molecule has 2 unspecified atom stereocenters. The Balaban J connectivity index is 1.76. The quantitative estimate of drug-likeness (QED) is 0.589. The first-order valence-corrected chi connectivity index (χ1v) is 6.97. The van der Waals surface area contributed by atoms with Crippen molar-refractivity contribution in [2.75, 3.05) is 4.90 Å². The molecule has 0 N–H and O–H groups in total. The van der Waals surface area contributed by atoms with Gasteiger partial charge in [-0.2, -0.15) is 0 Å². The Labute approximate surface area is 120 Å². The van der Waals surface area contributed by atoms with Crippen molar-refractivity contribution in [3.63, 3.8) is 0 Å². The number of benzene rings is 1. The van der Waals surface area contributed by atoms with Crippen LogP contribution in [-0.2, 0) is 9.59 Å². The smallest absolute Gasteiger partial charge is 0.238 e. The normalized spacial score (nSPS) is 34.2. The van der Waals surface area contributed by atoms with Crippen LogP contribution in [0, 0.1) is 29.5 Å². The molecule has 2 bridgehead atoms. The lowest BCUT2D eigenvalue weighted by atomic mass is 9.85. The van der Waals surface area contributed by atoms with Gasteiger partial charge in [-0.3, -0.25) is 9.59 Å². The predicted octanol–water partition coefficient (Wildman–Crippen LogP) is 2.79. The van der Waals surface area contributed by atoms with Crippen LogP contribution in [0.1, 0.15) is 6.42 Å². The number of halogens is 2. The highest BCUT2D eigenvalue weighted by molar-refractivity contribution is 6.31. The fourth-order valence-corrected chi connectivity index (χ4v) is 3.96. The molecule has 3 nitrogen and oxygen atoms in total. The summed E-state index contributed by atoms with van der Waals surface area (Å²) in [6.45, 7) is 0. The second-order valence-electron chi connectivity index (χ2n) is 5.61. The van der Waals surface area contributed by atoms with Gasteiger partial charge in [-0.1, -0.05) is 23.8 Å². The van der Waals surface area contributed by atoms with E-state index >= 15 is 0 Å². The van der Waals surface area contributed by atoms with Crippen molar-refractivity contribution in [1.82, 2.24) is 0 Å². The average molecular weight is 292 g/mol. The van der Waals surface area contributed by atoms with Gasteiger partial charge in [-0.15, -0.1) is 0 Å². The minimum Gasteiger partial charge on any atom is -0.274 e. The number of imide groups is 1. The lowest BCUT2D eigenvalue weighted by molar-refractivity contribution is -0.123. The first kappa shape index (κ1) is 12.1. The highest BCUT2D eigenvalue weighted by atomic mass is 35.5. The van der Waals surface area contributed by atoms with Crippen molar-refractivity contribution in [1.29, 1.82) is 0 Å². The molecule has 1 heterocycles. The largest absolute Gasteiger partial charge is 0.274 e. The number of carbonyl (C=O) groups is 2. The van der Waals surface area contributed by atoms with E-state index in [0.29, 0.717) is 5.69 Å². The molecule has 102 valence electrons. The number of anilines is 1. The highest BCUT2D eigenvalue weighted by Crippen LogP contribution is 2.53. The molecule has 0 radical (unpaired) electrons. The monoisotopic (exact) mass is 291 g/mol. The number of hydrogen-bond donors (Lipinski definition) is 0. The second-order valence-corrected chi connectivity index (χ2v) is 6.02. The standard InChI is InChI=1S/C15H11ClFNO2/c16-10-6-9(3-4-11(10)17)18-14(19)12-7-1-2-8(5-7)13(12)15(18)20/h1-4,6-8,12-13H,5H2/t7?,8?,12-,13+. The summed E-state index contributed by atoms with van der Waals surface area (Å²) in [5, 5.41) is -0.0822. The molecular weight excluding hydrogens is 281 g/mol. The Morgan fingerprint density at radius 1 is 1.10 bits per heavy atom. The number of amides is 2. The zero-order valence-electron chi connectivity index (χ0n) is 10.4. The van der Waals surface area contributed by atoms with Gasteiger partial charge in [0, 0.05) is 0 Å². The molecule has 0 aromatic heterocycles. The topological polar surface area (TPSA) is 37.4 Å². The van der Waals surface area contributed by atoms with Crippen molar-refractivity contribution < 1.29 is 14.0 Å². The Morgan fingerprint density at radius 3 is 2.25 bits per heavy atom. The van der Waals surface area contributed by atoms with Gasteiger partial charge in [0.25, 0.3) is 0 Å². The molecule has 1 aliphatic heterocycles. The van der Waals surface area contributed by atoms with Crippen molar-refractivity contribution in [2.45, 2.75) is 6.42 Å². The van der Waals surface area contributed by atoms with Crippen LogP contribution in [0.3, 0.4) is 0 Å². The summed E-state index contributed by atoms with van der Waals surface area (Å²) in [6, 6.07) is 3.94. The Kier molecular flexibility index (Phi) is 2.37. The molecule has 20 heavy (non-hydrogen) atoms. The van der Waals surface area contributed by atoms with E-state index in [9.17, 15) is 14.0 Å². The number of allylic oxidation sites excluding steroid dienone is 2. The van der Waals surface area contributed by atoms with E-state index in [-0.39, 0.29) is 40.5 Å². The summed E-state index contributed by atoms with van der Waals surface area (Å²) in [4.78, 5) is 26.2. The van der Waals surface area contributed by atoms with E-state index in [4.69, 9.17) is 11.6 Å².